The molecule has 1 N–H and O–H groups in total. The average molecular weight is 552 g/mol. The maximum absolute atomic E-state index is 13.7. The van der Waals surface area contributed by atoms with Crippen molar-refractivity contribution in [3.05, 3.63) is 83.4 Å². The van der Waals surface area contributed by atoms with Gasteiger partial charge in [0.2, 0.25) is 0 Å². The number of sulfonamides is 1. The first-order valence-corrected chi connectivity index (χ1v) is 14.4. The third kappa shape index (κ3) is 6.19. The first-order valence-electron chi connectivity index (χ1n) is 12.9. The van der Waals surface area contributed by atoms with E-state index in [0.29, 0.717) is 23.7 Å². The van der Waals surface area contributed by atoms with Gasteiger partial charge in [-0.25, -0.2) is 8.42 Å². The fourth-order valence-electron chi connectivity index (χ4n) is 4.76. The van der Waals surface area contributed by atoms with Gasteiger partial charge in [-0.1, -0.05) is 30.3 Å². The average Bonchev–Trinajstić information content (AvgIpc) is 2.96. The second-order valence-electron chi connectivity index (χ2n) is 9.72. The van der Waals surface area contributed by atoms with Gasteiger partial charge in [0.15, 0.2) is 6.10 Å². The highest BCUT2D eigenvalue weighted by atomic mass is 32.2. The first-order chi connectivity index (χ1) is 18.8. The molecular weight excluding hydrogens is 518 g/mol. The number of amides is 1. The van der Waals surface area contributed by atoms with Gasteiger partial charge in [0.25, 0.3) is 15.9 Å². The Morgan fingerprint density at radius 2 is 1.77 bits per heavy atom. The Kier molecular flexibility index (Phi) is 8.06. The van der Waals surface area contributed by atoms with Crippen LogP contribution in [-0.2, 0) is 32.6 Å². The summed E-state index contributed by atoms with van der Waals surface area (Å²) in [5, 5.41) is 2.93. The van der Waals surface area contributed by atoms with Gasteiger partial charge < -0.3 is 19.5 Å². The molecule has 0 bridgehead atoms. The number of rotatable bonds is 8. The number of fused-ring (bicyclic) bond motifs is 1. The van der Waals surface area contributed by atoms with Gasteiger partial charge in [0.1, 0.15) is 11.5 Å². The summed E-state index contributed by atoms with van der Waals surface area (Å²) in [5.74, 6) is 0.518. The van der Waals surface area contributed by atoms with Crippen molar-refractivity contribution in [1.82, 2.24) is 10.2 Å². The molecule has 0 unspecified atom stereocenters. The molecule has 3 aromatic carbocycles. The number of morpholine rings is 1. The lowest BCUT2D eigenvalue weighted by Crippen LogP contribution is -2.50. The minimum Gasteiger partial charge on any atom is -0.497 e. The van der Waals surface area contributed by atoms with Crippen LogP contribution in [0.4, 0.5) is 5.69 Å². The molecule has 0 aromatic heterocycles. The number of hydrogen-bond donors (Lipinski definition) is 1. The second-order valence-corrected chi connectivity index (χ2v) is 11.6. The monoisotopic (exact) mass is 551 g/mol. The van der Waals surface area contributed by atoms with Gasteiger partial charge in [0.05, 0.1) is 37.5 Å². The summed E-state index contributed by atoms with van der Waals surface area (Å²) in [6.45, 7) is 6.15. The molecule has 0 radical (unpaired) electrons. The van der Waals surface area contributed by atoms with Crippen molar-refractivity contribution >= 4 is 21.6 Å². The van der Waals surface area contributed by atoms with Crippen LogP contribution < -0.4 is 19.1 Å². The molecule has 2 aliphatic heterocycles. The van der Waals surface area contributed by atoms with Gasteiger partial charge in [-0.15, -0.1) is 0 Å². The van der Waals surface area contributed by atoms with Crippen LogP contribution in [0.15, 0.2) is 71.6 Å². The zero-order chi connectivity index (χ0) is 27.4. The molecule has 1 fully saturated rings. The van der Waals surface area contributed by atoms with Crippen LogP contribution in [0.3, 0.4) is 0 Å². The third-order valence-electron chi connectivity index (χ3n) is 6.89. The molecule has 2 heterocycles. The number of carbonyl (C=O) groups excluding carboxylic acids is 1. The highest BCUT2D eigenvalue weighted by Crippen LogP contribution is 2.38. The largest absolute Gasteiger partial charge is 0.497 e. The number of nitrogens with one attached hydrogen (secondary N) is 1. The molecule has 2 aliphatic rings. The van der Waals surface area contributed by atoms with Crippen molar-refractivity contribution in [3.8, 4) is 11.5 Å². The standard InChI is InChI=1S/C29H33N3O6S/c1-21-6-11-27-26(16-21)32(39(34,35)25-9-7-24(36-2)8-10-25)20-28(38-27)29(33)30-18-22-4-3-5-23(17-22)19-31-12-14-37-15-13-31/h3-11,16-17,28H,12-15,18-20H2,1-2H3,(H,30,33)/t28-/m1/s1. The molecule has 9 nitrogen and oxygen atoms in total. The number of hydrogen-bond acceptors (Lipinski definition) is 7. The number of ether oxygens (including phenoxy) is 3. The summed E-state index contributed by atoms with van der Waals surface area (Å²) in [5.41, 5.74) is 3.42. The quantitative estimate of drug-likeness (QED) is 0.460. The summed E-state index contributed by atoms with van der Waals surface area (Å²) >= 11 is 0. The van der Waals surface area contributed by atoms with E-state index in [1.54, 1.807) is 24.3 Å². The lowest BCUT2D eigenvalue weighted by atomic mass is 10.1. The van der Waals surface area contributed by atoms with E-state index in [-0.39, 0.29) is 17.3 Å². The highest BCUT2D eigenvalue weighted by Gasteiger charge is 2.37. The number of nitrogens with zero attached hydrogens (tertiary/aromatic N) is 2. The van der Waals surface area contributed by atoms with Crippen LogP contribution in [0.1, 0.15) is 16.7 Å². The van der Waals surface area contributed by atoms with Crippen molar-refractivity contribution < 1.29 is 27.4 Å². The Bertz CT molecular complexity index is 1420. The number of methoxy groups -OCH3 is 1. The predicted octanol–water partition coefficient (Wildman–Crippen LogP) is 3.11. The molecule has 1 amide bonds. The molecule has 206 valence electrons. The smallest absolute Gasteiger partial charge is 0.264 e. The summed E-state index contributed by atoms with van der Waals surface area (Å²) < 4.78 is 45.2. The van der Waals surface area contributed by atoms with E-state index in [2.05, 4.69) is 22.3 Å². The minimum atomic E-state index is -3.97. The lowest BCUT2D eigenvalue weighted by Gasteiger charge is -2.35. The van der Waals surface area contributed by atoms with Crippen LogP contribution in [-0.4, -0.2) is 65.3 Å². The van der Waals surface area contributed by atoms with E-state index in [4.69, 9.17) is 14.2 Å². The molecule has 0 aliphatic carbocycles. The van der Waals surface area contributed by atoms with Crippen LogP contribution >= 0.6 is 0 Å². The maximum atomic E-state index is 13.7. The Labute approximate surface area is 229 Å². The van der Waals surface area contributed by atoms with Crippen LogP contribution in [0.25, 0.3) is 0 Å². The molecule has 3 aromatic rings. The van der Waals surface area contributed by atoms with E-state index >= 15 is 0 Å². The molecule has 39 heavy (non-hydrogen) atoms. The maximum Gasteiger partial charge on any atom is 0.264 e. The Morgan fingerprint density at radius 3 is 2.51 bits per heavy atom. The molecule has 5 rings (SSSR count). The number of anilines is 1. The summed E-state index contributed by atoms with van der Waals surface area (Å²) in [6, 6.07) is 19.6. The van der Waals surface area contributed by atoms with Gasteiger partial charge in [-0.05, 0) is 60.0 Å². The number of carbonyl (C=O) groups is 1. The van der Waals surface area contributed by atoms with Crippen LogP contribution in [0.2, 0.25) is 0 Å². The van der Waals surface area contributed by atoms with Crippen LogP contribution in [0, 0.1) is 6.92 Å². The molecule has 10 heteroatoms. The fourth-order valence-corrected chi connectivity index (χ4v) is 6.23. The molecule has 0 saturated carbocycles. The van der Waals surface area contributed by atoms with E-state index in [9.17, 15) is 13.2 Å². The zero-order valence-electron chi connectivity index (χ0n) is 22.1. The normalized spacial score (nSPS) is 17.7. The zero-order valence-corrected chi connectivity index (χ0v) is 22.9. The molecule has 0 spiro atoms. The van der Waals surface area contributed by atoms with Gasteiger partial charge >= 0.3 is 0 Å². The lowest BCUT2D eigenvalue weighted by molar-refractivity contribution is -0.127. The van der Waals surface area contributed by atoms with E-state index in [1.807, 2.05) is 25.1 Å². The first kappa shape index (κ1) is 27.0. The third-order valence-corrected chi connectivity index (χ3v) is 8.69. The Hall–Kier alpha value is -3.60. The number of aryl methyl sites for hydroxylation is 1. The summed E-state index contributed by atoms with van der Waals surface area (Å²) in [7, 11) is -2.44. The van der Waals surface area contributed by atoms with E-state index < -0.39 is 16.1 Å². The fraction of sp³-hybridized carbons (Fsp3) is 0.345. The minimum absolute atomic E-state index is 0.105. The predicted molar refractivity (Wildman–Crippen MR) is 148 cm³/mol. The van der Waals surface area contributed by atoms with E-state index in [1.165, 1.54) is 29.1 Å². The van der Waals surface area contributed by atoms with Crippen molar-refractivity contribution in [1.29, 1.82) is 0 Å². The number of benzene rings is 3. The molecular formula is C29H33N3O6S. The topological polar surface area (TPSA) is 97.4 Å². The van der Waals surface area contributed by atoms with Gasteiger partial charge in [-0.2, -0.15) is 0 Å². The summed E-state index contributed by atoms with van der Waals surface area (Å²) in [4.78, 5) is 15.7. The van der Waals surface area contributed by atoms with Gasteiger partial charge in [-0.3, -0.25) is 14.0 Å². The molecule has 1 saturated heterocycles. The van der Waals surface area contributed by atoms with Crippen molar-refractivity contribution in [2.75, 3.05) is 44.3 Å². The van der Waals surface area contributed by atoms with Gasteiger partial charge in [0, 0.05) is 26.2 Å². The summed E-state index contributed by atoms with van der Waals surface area (Å²) in [6.07, 6.45) is -1.01. The van der Waals surface area contributed by atoms with E-state index in [0.717, 1.165) is 44.0 Å². The van der Waals surface area contributed by atoms with Crippen molar-refractivity contribution in [2.45, 2.75) is 31.0 Å². The Morgan fingerprint density at radius 1 is 1.03 bits per heavy atom. The molecule has 1 atom stereocenters. The SMILES string of the molecule is COc1ccc(S(=O)(=O)N2C[C@H](C(=O)NCc3cccc(CN4CCOCC4)c3)Oc3ccc(C)cc32)cc1. The van der Waals surface area contributed by atoms with Crippen molar-refractivity contribution in [3.63, 3.8) is 0 Å². The highest BCUT2D eigenvalue weighted by molar-refractivity contribution is 7.92. The van der Waals surface area contributed by atoms with Crippen molar-refractivity contribution in [2.24, 2.45) is 0 Å². The second kappa shape index (κ2) is 11.6. The van der Waals surface area contributed by atoms with Crippen LogP contribution in [0.5, 0.6) is 11.5 Å². The Balaban J connectivity index is 1.31.